The van der Waals surface area contributed by atoms with Gasteiger partial charge in [0.25, 0.3) is 5.91 Å². The molecule has 0 bridgehead atoms. The quantitative estimate of drug-likeness (QED) is 0.587. The Morgan fingerprint density at radius 2 is 1.81 bits per heavy atom. The van der Waals surface area contributed by atoms with Gasteiger partial charge in [-0.05, 0) is 24.3 Å². The Hall–Kier alpha value is -3.55. The first-order chi connectivity index (χ1) is 13.2. The maximum Gasteiger partial charge on any atom is 0.251 e. The summed E-state index contributed by atoms with van der Waals surface area (Å²) >= 11 is 0. The zero-order valence-electron chi connectivity index (χ0n) is 14.6. The molecule has 8 heteroatoms. The van der Waals surface area contributed by atoms with Crippen LogP contribution >= 0.6 is 0 Å². The predicted molar refractivity (Wildman–Crippen MR) is 97.6 cm³/mol. The number of nitrogens with zero attached hydrogens (tertiary/aromatic N) is 3. The van der Waals surface area contributed by atoms with Crippen molar-refractivity contribution < 1.29 is 14.1 Å². The van der Waals surface area contributed by atoms with Crippen LogP contribution in [-0.2, 0) is 11.2 Å². The number of amides is 2. The minimum atomic E-state index is -0.168. The molecule has 0 saturated heterocycles. The number of carbonyl (C=O) groups excluding carboxylic acids is 2. The number of hydrogen-bond donors (Lipinski definition) is 2. The van der Waals surface area contributed by atoms with Crippen molar-refractivity contribution in [2.45, 2.75) is 12.8 Å². The van der Waals surface area contributed by atoms with Gasteiger partial charge in [0.05, 0.1) is 0 Å². The SMILES string of the molecule is O=C(CCc1nc(-c2cccnc2)no1)NCCNC(=O)c1ccccc1. The summed E-state index contributed by atoms with van der Waals surface area (Å²) < 4.78 is 5.15. The molecule has 2 amide bonds. The molecule has 3 aromatic rings. The van der Waals surface area contributed by atoms with Crippen LogP contribution in [0, 0.1) is 0 Å². The fourth-order valence-electron chi connectivity index (χ4n) is 2.35. The van der Waals surface area contributed by atoms with Crippen molar-refractivity contribution in [1.29, 1.82) is 0 Å². The summed E-state index contributed by atoms with van der Waals surface area (Å²) in [6.07, 6.45) is 3.87. The lowest BCUT2D eigenvalue weighted by Gasteiger charge is -2.06. The van der Waals surface area contributed by atoms with E-state index in [-0.39, 0.29) is 18.2 Å². The first-order valence-electron chi connectivity index (χ1n) is 8.55. The molecule has 2 heterocycles. The fraction of sp³-hybridized carbons (Fsp3) is 0.211. The number of pyridine rings is 1. The summed E-state index contributed by atoms with van der Waals surface area (Å²) in [6, 6.07) is 12.5. The van der Waals surface area contributed by atoms with Crippen molar-refractivity contribution in [2.24, 2.45) is 0 Å². The molecule has 0 aliphatic rings. The molecule has 8 nitrogen and oxygen atoms in total. The number of aromatic nitrogens is 3. The second-order valence-corrected chi connectivity index (χ2v) is 5.73. The summed E-state index contributed by atoms with van der Waals surface area (Å²) in [6.45, 7) is 0.702. The molecule has 0 atom stereocenters. The van der Waals surface area contributed by atoms with Gasteiger partial charge in [-0.25, -0.2) is 0 Å². The van der Waals surface area contributed by atoms with Crippen molar-refractivity contribution in [3.8, 4) is 11.4 Å². The first-order valence-corrected chi connectivity index (χ1v) is 8.55. The van der Waals surface area contributed by atoms with Crippen LogP contribution in [0.5, 0.6) is 0 Å². The van der Waals surface area contributed by atoms with E-state index in [2.05, 4.69) is 25.8 Å². The maximum atomic E-state index is 11.9. The van der Waals surface area contributed by atoms with E-state index < -0.39 is 0 Å². The number of rotatable bonds is 8. The van der Waals surface area contributed by atoms with E-state index in [1.54, 1.807) is 42.7 Å². The van der Waals surface area contributed by atoms with Crippen molar-refractivity contribution in [3.05, 3.63) is 66.3 Å². The summed E-state index contributed by atoms with van der Waals surface area (Å²) in [7, 11) is 0. The third-order valence-corrected chi connectivity index (χ3v) is 3.72. The lowest BCUT2D eigenvalue weighted by molar-refractivity contribution is -0.121. The lowest BCUT2D eigenvalue weighted by Crippen LogP contribution is -2.34. The summed E-state index contributed by atoms with van der Waals surface area (Å²) in [5, 5.41) is 9.38. The molecule has 0 fully saturated rings. The molecule has 0 unspecified atom stereocenters. The van der Waals surface area contributed by atoms with Gasteiger partial charge in [0.15, 0.2) is 0 Å². The molecule has 0 spiro atoms. The molecule has 27 heavy (non-hydrogen) atoms. The highest BCUT2D eigenvalue weighted by atomic mass is 16.5. The third kappa shape index (κ3) is 5.46. The molecule has 2 N–H and O–H groups in total. The lowest BCUT2D eigenvalue weighted by atomic mass is 10.2. The Bertz CT molecular complexity index is 881. The Morgan fingerprint density at radius 1 is 1.00 bits per heavy atom. The second-order valence-electron chi connectivity index (χ2n) is 5.73. The number of aryl methyl sites for hydroxylation is 1. The number of benzene rings is 1. The molecular weight excluding hydrogens is 346 g/mol. The van der Waals surface area contributed by atoms with Crippen LogP contribution in [0.2, 0.25) is 0 Å². The van der Waals surface area contributed by atoms with E-state index in [9.17, 15) is 9.59 Å². The average molecular weight is 365 g/mol. The van der Waals surface area contributed by atoms with Crippen molar-refractivity contribution in [3.63, 3.8) is 0 Å². The van der Waals surface area contributed by atoms with Crippen molar-refractivity contribution in [1.82, 2.24) is 25.8 Å². The topological polar surface area (TPSA) is 110 Å². The molecule has 0 radical (unpaired) electrons. The van der Waals surface area contributed by atoms with Crippen LogP contribution in [0.1, 0.15) is 22.7 Å². The predicted octanol–water partition coefficient (Wildman–Crippen LogP) is 1.61. The van der Waals surface area contributed by atoms with Gasteiger partial charge in [0.2, 0.25) is 17.6 Å². The van der Waals surface area contributed by atoms with Crippen LogP contribution in [0.4, 0.5) is 0 Å². The van der Waals surface area contributed by atoms with Gasteiger partial charge in [-0.15, -0.1) is 0 Å². The molecule has 1 aromatic carbocycles. The first kappa shape index (κ1) is 18.2. The van der Waals surface area contributed by atoms with Crippen LogP contribution < -0.4 is 10.6 Å². The van der Waals surface area contributed by atoms with E-state index in [0.29, 0.717) is 36.8 Å². The summed E-state index contributed by atoms with van der Waals surface area (Å²) in [5.41, 5.74) is 1.34. The van der Waals surface area contributed by atoms with E-state index in [4.69, 9.17) is 4.52 Å². The average Bonchev–Trinajstić information content (AvgIpc) is 3.20. The number of nitrogens with one attached hydrogen (secondary N) is 2. The van der Waals surface area contributed by atoms with Crippen LogP contribution in [0.15, 0.2) is 59.4 Å². The summed E-state index contributed by atoms with van der Waals surface area (Å²) in [5.74, 6) is 0.521. The number of carbonyl (C=O) groups is 2. The van der Waals surface area contributed by atoms with Gasteiger partial charge in [0.1, 0.15) is 0 Å². The maximum absolute atomic E-state index is 11.9. The monoisotopic (exact) mass is 365 g/mol. The highest BCUT2D eigenvalue weighted by molar-refractivity contribution is 5.94. The Labute approximate surface area is 156 Å². The van der Waals surface area contributed by atoms with Crippen molar-refractivity contribution in [2.75, 3.05) is 13.1 Å². The van der Waals surface area contributed by atoms with Gasteiger partial charge in [-0.3, -0.25) is 14.6 Å². The van der Waals surface area contributed by atoms with Gasteiger partial charge in [-0.2, -0.15) is 4.98 Å². The highest BCUT2D eigenvalue weighted by Gasteiger charge is 2.10. The molecule has 0 saturated carbocycles. The standard InChI is InChI=1S/C19H19N5O3/c25-16(21-11-12-22-19(26)14-5-2-1-3-6-14)8-9-17-23-18(24-27-17)15-7-4-10-20-13-15/h1-7,10,13H,8-9,11-12H2,(H,21,25)(H,22,26). The smallest absolute Gasteiger partial charge is 0.251 e. The number of hydrogen-bond acceptors (Lipinski definition) is 6. The van der Waals surface area contributed by atoms with E-state index in [1.165, 1.54) is 0 Å². The fourth-order valence-corrected chi connectivity index (χ4v) is 2.35. The molecular formula is C19H19N5O3. The minimum Gasteiger partial charge on any atom is -0.354 e. The van der Waals surface area contributed by atoms with Crippen LogP contribution in [-0.4, -0.2) is 40.0 Å². The highest BCUT2D eigenvalue weighted by Crippen LogP contribution is 2.14. The largest absolute Gasteiger partial charge is 0.354 e. The Balaban J connectivity index is 1.35. The van der Waals surface area contributed by atoms with E-state index in [1.807, 2.05) is 12.1 Å². The summed E-state index contributed by atoms with van der Waals surface area (Å²) in [4.78, 5) is 32.0. The zero-order chi connectivity index (χ0) is 18.9. The van der Waals surface area contributed by atoms with Gasteiger partial charge >= 0.3 is 0 Å². The minimum absolute atomic E-state index is 0.148. The van der Waals surface area contributed by atoms with Crippen LogP contribution in [0.25, 0.3) is 11.4 Å². The van der Waals surface area contributed by atoms with Gasteiger partial charge < -0.3 is 15.2 Å². The second kappa shape index (κ2) is 9.23. The molecule has 0 aliphatic carbocycles. The van der Waals surface area contributed by atoms with Crippen molar-refractivity contribution >= 4 is 11.8 Å². The zero-order valence-corrected chi connectivity index (χ0v) is 14.6. The molecule has 138 valence electrons. The van der Waals surface area contributed by atoms with Gasteiger partial charge in [-0.1, -0.05) is 23.4 Å². The Kier molecular flexibility index (Phi) is 6.24. The normalized spacial score (nSPS) is 10.4. The molecule has 0 aliphatic heterocycles. The van der Waals surface area contributed by atoms with Gasteiger partial charge in [0, 0.05) is 49.5 Å². The molecule has 2 aromatic heterocycles. The van der Waals surface area contributed by atoms with E-state index in [0.717, 1.165) is 5.56 Å². The Morgan fingerprint density at radius 3 is 2.59 bits per heavy atom. The van der Waals surface area contributed by atoms with Crippen LogP contribution in [0.3, 0.4) is 0 Å². The van der Waals surface area contributed by atoms with E-state index >= 15 is 0 Å². The molecule has 3 rings (SSSR count). The third-order valence-electron chi connectivity index (χ3n) is 3.72.